The van der Waals surface area contributed by atoms with E-state index in [1.165, 1.54) is 11.8 Å². The predicted molar refractivity (Wildman–Crippen MR) is 109 cm³/mol. The molecule has 1 saturated heterocycles. The maximum Gasteiger partial charge on any atom is 0.227 e. The molecular weight excluding hydrogens is 357 g/mol. The third-order valence-corrected chi connectivity index (χ3v) is 4.78. The summed E-state index contributed by atoms with van der Waals surface area (Å²) in [5.41, 5.74) is 1.58. The van der Waals surface area contributed by atoms with Crippen LogP contribution >= 0.6 is 0 Å². The van der Waals surface area contributed by atoms with E-state index in [2.05, 4.69) is 37.2 Å². The topological polar surface area (TPSA) is 53.5 Å². The van der Waals surface area contributed by atoms with Crippen LogP contribution in [-0.2, 0) is 0 Å². The lowest BCUT2D eigenvalue weighted by molar-refractivity contribution is 0.415. The fourth-order valence-electron chi connectivity index (χ4n) is 3.23. The van der Waals surface area contributed by atoms with Gasteiger partial charge in [-0.1, -0.05) is 12.1 Å². The van der Waals surface area contributed by atoms with Gasteiger partial charge in [0.05, 0.1) is 12.8 Å². The molecule has 0 bridgehead atoms. The summed E-state index contributed by atoms with van der Waals surface area (Å²) in [4.78, 5) is 13.4. The highest BCUT2D eigenvalue weighted by molar-refractivity contribution is 5.58. The van der Waals surface area contributed by atoms with Crippen molar-refractivity contribution in [2.75, 3.05) is 48.4 Å². The van der Waals surface area contributed by atoms with Crippen LogP contribution in [0.4, 0.5) is 27.5 Å². The minimum Gasteiger partial charge on any atom is -0.497 e. The van der Waals surface area contributed by atoms with Crippen molar-refractivity contribution in [2.24, 2.45) is 0 Å². The van der Waals surface area contributed by atoms with Gasteiger partial charge >= 0.3 is 0 Å². The van der Waals surface area contributed by atoms with Gasteiger partial charge in [0.2, 0.25) is 5.95 Å². The minimum absolute atomic E-state index is 0.309. The molecule has 1 aromatic heterocycles. The maximum atomic E-state index is 13.9. The average Bonchev–Trinajstić information content (AvgIpc) is 2.76. The van der Waals surface area contributed by atoms with E-state index in [-0.39, 0.29) is 5.82 Å². The van der Waals surface area contributed by atoms with E-state index < -0.39 is 0 Å². The van der Waals surface area contributed by atoms with Gasteiger partial charge in [-0.2, -0.15) is 4.98 Å². The zero-order valence-electron chi connectivity index (χ0n) is 15.7. The Balaban J connectivity index is 1.41. The Morgan fingerprint density at radius 2 is 1.64 bits per heavy atom. The number of benzene rings is 2. The normalized spacial score (nSPS) is 14.1. The molecule has 2 aromatic carbocycles. The molecule has 4 rings (SSSR count). The Kier molecular flexibility index (Phi) is 5.23. The predicted octanol–water partition coefficient (Wildman–Crippen LogP) is 3.69. The van der Waals surface area contributed by atoms with Gasteiger partial charge in [0.15, 0.2) is 0 Å². The van der Waals surface area contributed by atoms with Crippen molar-refractivity contribution >= 4 is 23.1 Å². The zero-order valence-corrected chi connectivity index (χ0v) is 15.7. The largest absolute Gasteiger partial charge is 0.497 e. The summed E-state index contributed by atoms with van der Waals surface area (Å²) in [6.07, 6.45) is 1.70. The maximum absolute atomic E-state index is 13.9. The minimum atomic E-state index is -0.309. The number of methoxy groups -OCH3 is 1. The number of anilines is 4. The molecule has 0 aliphatic carbocycles. The first-order valence-electron chi connectivity index (χ1n) is 9.21. The highest BCUT2D eigenvalue weighted by Crippen LogP contribution is 2.23. The Morgan fingerprint density at radius 1 is 0.929 bits per heavy atom. The number of piperazine rings is 1. The molecule has 3 aromatic rings. The van der Waals surface area contributed by atoms with Crippen LogP contribution in [0.5, 0.6) is 5.75 Å². The lowest BCUT2D eigenvalue weighted by atomic mass is 10.2. The third-order valence-electron chi connectivity index (χ3n) is 4.78. The summed E-state index contributed by atoms with van der Waals surface area (Å²) in [6, 6.07) is 16.4. The standard InChI is InChI=1S/C21H22FN5O/c1-28-17-8-6-16(7-9-17)26-12-14-27(15-13-26)21-23-11-10-20(25-21)24-19-5-3-2-4-18(19)22/h2-11H,12-15H2,1H3,(H,23,24,25). The Morgan fingerprint density at radius 3 is 2.36 bits per heavy atom. The SMILES string of the molecule is COc1ccc(N2CCN(c3nccc(Nc4ccccc4F)n3)CC2)cc1. The van der Waals surface area contributed by atoms with Crippen molar-refractivity contribution in [1.29, 1.82) is 0 Å². The molecule has 1 fully saturated rings. The summed E-state index contributed by atoms with van der Waals surface area (Å²) in [6.45, 7) is 3.38. The number of hydrogen-bond donors (Lipinski definition) is 1. The molecule has 28 heavy (non-hydrogen) atoms. The fraction of sp³-hybridized carbons (Fsp3) is 0.238. The van der Waals surface area contributed by atoms with Crippen molar-refractivity contribution in [3.8, 4) is 5.75 Å². The number of nitrogens with zero attached hydrogens (tertiary/aromatic N) is 4. The van der Waals surface area contributed by atoms with E-state index in [4.69, 9.17) is 4.74 Å². The highest BCUT2D eigenvalue weighted by atomic mass is 19.1. The van der Waals surface area contributed by atoms with Crippen molar-refractivity contribution in [2.45, 2.75) is 0 Å². The van der Waals surface area contributed by atoms with Crippen LogP contribution in [0.15, 0.2) is 60.8 Å². The van der Waals surface area contributed by atoms with Crippen molar-refractivity contribution in [3.05, 3.63) is 66.6 Å². The van der Waals surface area contributed by atoms with Gasteiger partial charge in [-0.05, 0) is 42.5 Å². The first kappa shape index (κ1) is 18.0. The molecule has 1 aliphatic rings. The lowest BCUT2D eigenvalue weighted by Gasteiger charge is -2.36. The second-order valence-electron chi connectivity index (χ2n) is 6.52. The number of hydrogen-bond acceptors (Lipinski definition) is 6. The number of halogens is 1. The molecule has 0 atom stereocenters. The van der Waals surface area contributed by atoms with E-state index in [9.17, 15) is 4.39 Å². The number of aromatic nitrogens is 2. The second-order valence-corrected chi connectivity index (χ2v) is 6.52. The Hall–Kier alpha value is -3.35. The summed E-state index contributed by atoms with van der Waals surface area (Å²) < 4.78 is 19.1. The fourth-order valence-corrected chi connectivity index (χ4v) is 3.23. The summed E-state index contributed by atoms with van der Waals surface area (Å²) >= 11 is 0. The van der Waals surface area contributed by atoms with Gasteiger partial charge < -0.3 is 19.9 Å². The van der Waals surface area contributed by atoms with E-state index in [1.54, 1.807) is 37.6 Å². The number of ether oxygens (including phenoxy) is 1. The van der Waals surface area contributed by atoms with Gasteiger partial charge in [0, 0.05) is 38.1 Å². The quantitative estimate of drug-likeness (QED) is 0.730. The molecule has 0 amide bonds. The molecule has 0 radical (unpaired) electrons. The third kappa shape index (κ3) is 3.98. The van der Waals surface area contributed by atoms with Gasteiger partial charge in [-0.3, -0.25) is 0 Å². The first-order valence-corrected chi connectivity index (χ1v) is 9.21. The van der Waals surface area contributed by atoms with Gasteiger partial charge in [-0.15, -0.1) is 0 Å². The van der Waals surface area contributed by atoms with E-state index >= 15 is 0 Å². The van der Waals surface area contributed by atoms with E-state index in [1.807, 2.05) is 12.1 Å². The highest BCUT2D eigenvalue weighted by Gasteiger charge is 2.19. The van der Waals surface area contributed by atoms with Crippen molar-refractivity contribution in [3.63, 3.8) is 0 Å². The average molecular weight is 379 g/mol. The molecule has 1 N–H and O–H groups in total. The van der Waals surface area contributed by atoms with Crippen LogP contribution in [0, 0.1) is 5.82 Å². The number of rotatable bonds is 5. The molecule has 2 heterocycles. The number of para-hydroxylation sites is 1. The van der Waals surface area contributed by atoms with Crippen LogP contribution in [0.3, 0.4) is 0 Å². The van der Waals surface area contributed by atoms with Gasteiger partial charge in [-0.25, -0.2) is 9.37 Å². The van der Waals surface area contributed by atoms with Crippen molar-refractivity contribution in [1.82, 2.24) is 9.97 Å². The number of nitrogens with one attached hydrogen (secondary N) is 1. The Bertz CT molecular complexity index is 926. The second kappa shape index (κ2) is 8.12. The molecule has 6 nitrogen and oxygen atoms in total. The molecule has 144 valence electrons. The molecule has 1 aliphatic heterocycles. The van der Waals surface area contributed by atoms with Gasteiger partial charge in [0.1, 0.15) is 17.4 Å². The van der Waals surface area contributed by atoms with Gasteiger partial charge in [0.25, 0.3) is 0 Å². The van der Waals surface area contributed by atoms with E-state index in [0.717, 1.165) is 31.9 Å². The summed E-state index contributed by atoms with van der Waals surface area (Å²) in [5.74, 6) is 1.77. The van der Waals surface area contributed by atoms with Crippen LogP contribution < -0.4 is 19.9 Å². The summed E-state index contributed by atoms with van der Waals surface area (Å²) in [7, 11) is 1.67. The molecule has 0 spiro atoms. The van der Waals surface area contributed by atoms with Crippen LogP contribution in [-0.4, -0.2) is 43.3 Å². The molecular formula is C21H22FN5O. The lowest BCUT2D eigenvalue weighted by Crippen LogP contribution is -2.47. The zero-order chi connectivity index (χ0) is 19.3. The molecule has 0 unspecified atom stereocenters. The monoisotopic (exact) mass is 379 g/mol. The van der Waals surface area contributed by atoms with E-state index in [0.29, 0.717) is 17.5 Å². The first-order chi connectivity index (χ1) is 13.7. The smallest absolute Gasteiger partial charge is 0.227 e. The molecule has 7 heteroatoms. The van der Waals surface area contributed by atoms with Crippen LogP contribution in [0.1, 0.15) is 0 Å². The molecule has 0 saturated carbocycles. The van der Waals surface area contributed by atoms with Crippen LogP contribution in [0.2, 0.25) is 0 Å². The van der Waals surface area contributed by atoms with Crippen molar-refractivity contribution < 1.29 is 9.13 Å². The Labute approximate surface area is 163 Å². The van der Waals surface area contributed by atoms with Crippen LogP contribution in [0.25, 0.3) is 0 Å². The summed E-state index contributed by atoms with van der Waals surface area (Å²) in [5, 5.41) is 3.02.